The lowest BCUT2D eigenvalue weighted by atomic mass is 9.55. The number of ether oxygens (including phenoxy) is 2. The van der Waals surface area contributed by atoms with Crippen LogP contribution in [0.25, 0.3) is 0 Å². The molecule has 4 bridgehead atoms. The fourth-order valence-corrected chi connectivity index (χ4v) is 5.45. The molecule has 0 aromatic carbocycles. The molecule has 0 unspecified atom stereocenters. The zero-order valence-corrected chi connectivity index (χ0v) is 15.7. The molecule has 25 heavy (non-hydrogen) atoms. The Balaban J connectivity index is 1.29. The van der Waals surface area contributed by atoms with Crippen molar-refractivity contribution in [2.45, 2.75) is 90.1 Å². The highest BCUT2D eigenvalue weighted by atomic mass is 16.5. The minimum Gasteiger partial charge on any atom is -0.466 e. The Morgan fingerprint density at radius 1 is 0.800 bits per heavy atom. The average molecular weight is 350 g/mol. The van der Waals surface area contributed by atoms with Crippen LogP contribution in [0, 0.1) is 23.7 Å². The first-order chi connectivity index (χ1) is 12.2. The van der Waals surface area contributed by atoms with Gasteiger partial charge in [-0.05, 0) is 62.2 Å². The van der Waals surface area contributed by atoms with Crippen LogP contribution in [0.3, 0.4) is 0 Å². The van der Waals surface area contributed by atoms with Gasteiger partial charge in [0.05, 0.1) is 19.4 Å². The van der Waals surface area contributed by atoms with Crippen molar-refractivity contribution in [2.24, 2.45) is 23.7 Å². The van der Waals surface area contributed by atoms with Crippen LogP contribution in [0.4, 0.5) is 0 Å². The molecule has 0 aromatic heterocycles. The topological polar surface area (TPSA) is 52.6 Å². The number of esters is 2. The van der Waals surface area contributed by atoms with Crippen molar-refractivity contribution in [1.82, 2.24) is 0 Å². The van der Waals surface area contributed by atoms with E-state index in [1.54, 1.807) is 0 Å². The molecule has 4 aliphatic rings. The van der Waals surface area contributed by atoms with Gasteiger partial charge >= 0.3 is 11.9 Å². The molecule has 0 amide bonds. The van der Waals surface area contributed by atoms with Crippen LogP contribution >= 0.6 is 0 Å². The third kappa shape index (κ3) is 5.21. The van der Waals surface area contributed by atoms with Crippen LogP contribution in [0.5, 0.6) is 0 Å². The van der Waals surface area contributed by atoms with E-state index in [0.717, 1.165) is 24.7 Å². The Bertz CT molecular complexity index is 431. The lowest BCUT2D eigenvalue weighted by molar-refractivity contribution is -0.172. The van der Waals surface area contributed by atoms with E-state index in [2.05, 4.69) is 6.92 Å². The minimum absolute atomic E-state index is 0.120. The smallest absolute Gasteiger partial charge is 0.306 e. The summed E-state index contributed by atoms with van der Waals surface area (Å²) in [7, 11) is 0. The zero-order chi connectivity index (χ0) is 17.6. The van der Waals surface area contributed by atoms with Gasteiger partial charge in [-0.1, -0.05) is 32.6 Å². The van der Waals surface area contributed by atoms with Crippen LogP contribution in [0.1, 0.15) is 84.0 Å². The number of unbranched alkanes of at least 4 members (excludes halogenated alkanes) is 4. The summed E-state index contributed by atoms with van der Waals surface area (Å²) in [6.45, 7) is 2.66. The molecule has 0 aliphatic heterocycles. The zero-order valence-electron chi connectivity index (χ0n) is 15.7. The van der Waals surface area contributed by atoms with Crippen LogP contribution in [0.15, 0.2) is 0 Å². The van der Waals surface area contributed by atoms with Gasteiger partial charge in [-0.25, -0.2) is 0 Å². The Labute approximate surface area is 152 Å². The van der Waals surface area contributed by atoms with E-state index in [1.807, 2.05) is 0 Å². The second-order valence-corrected chi connectivity index (χ2v) is 8.52. The summed E-state index contributed by atoms with van der Waals surface area (Å²) in [5.41, 5.74) is 0. The summed E-state index contributed by atoms with van der Waals surface area (Å²) in [5, 5.41) is 0. The predicted molar refractivity (Wildman–Crippen MR) is 95.9 cm³/mol. The van der Waals surface area contributed by atoms with E-state index in [9.17, 15) is 9.59 Å². The first-order valence-corrected chi connectivity index (χ1v) is 10.5. The van der Waals surface area contributed by atoms with Gasteiger partial charge in [0.25, 0.3) is 0 Å². The SMILES string of the molecule is CCCCCCCOC(=O)CCC(=O)OC1C2CC3CC(C2)CC1C3. The molecule has 0 radical (unpaired) electrons. The van der Waals surface area contributed by atoms with Gasteiger partial charge in [0.15, 0.2) is 0 Å². The van der Waals surface area contributed by atoms with Crippen molar-refractivity contribution < 1.29 is 19.1 Å². The molecule has 0 saturated heterocycles. The molecule has 0 atom stereocenters. The maximum atomic E-state index is 12.2. The fourth-order valence-electron chi connectivity index (χ4n) is 5.45. The molecule has 4 saturated carbocycles. The van der Waals surface area contributed by atoms with Gasteiger partial charge < -0.3 is 9.47 Å². The summed E-state index contributed by atoms with van der Waals surface area (Å²) < 4.78 is 11.0. The van der Waals surface area contributed by atoms with E-state index in [1.165, 1.54) is 51.4 Å². The largest absolute Gasteiger partial charge is 0.466 e. The van der Waals surface area contributed by atoms with Crippen molar-refractivity contribution in [3.8, 4) is 0 Å². The highest BCUT2D eigenvalue weighted by Gasteiger charge is 2.49. The monoisotopic (exact) mass is 350 g/mol. The second kappa shape index (κ2) is 9.05. The molecule has 4 nitrogen and oxygen atoms in total. The maximum absolute atomic E-state index is 12.2. The average Bonchev–Trinajstić information content (AvgIpc) is 2.58. The van der Waals surface area contributed by atoms with E-state index >= 15 is 0 Å². The van der Waals surface area contributed by atoms with Crippen molar-refractivity contribution in [2.75, 3.05) is 6.61 Å². The minimum atomic E-state index is -0.266. The Hall–Kier alpha value is -1.06. The maximum Gasteiger partial charge on any atom is 0.306 e. The molecule has 4 fully saturated rings. The fraction of sp³-hybridized carbons (Fsp3) is 0.905. The van der Waals surface area contributed by atoms with Crippen molar-refractivity contribution in [3.63, 3.8) is 0 Å². The second-order valence-electron chi connectivity index (χ2n) is 8.52. The van der Waals surface area contributed by atoms with Gasteiger partial charge in [-0.15, -0.1) is 0 Å². The number of hydrogen-bond acceptors (Lipinski definition) is 4. The van der Waals surface area contributed by atoms with Crippen LogP contribution in [0.2, 0.25) is 0 Å². The highest BCUT2D eigenvalue weighted by molar-refractivity contribution is 5.77. The van der Waals surface area contributed by atoms with E-state index in [4.69, 9.17) is 9.47 Å². The normalized spacial score (nSPS) is 32.6. The number of carbonyl (C=O) groups excluding carboxylic acids is 2. The Morgan fingerprint density at radius 2 is 1.40 bits per heavy atom. The van der Waals surface area contributed by atoms with Crippen LogP contribution in [-0.2, 0) is 19.1 Å². The molecule has 0 N–H and O–H groups in total. The Morgan fingerprint density at radius 3 is 2.04 bits per heavy atom. The summed E-state index contributed by atoms with van der Waals surface area (Å²) in [6.07, 6.45) is 12.5. The molecule has 0 heterocycles. The molecular formula is C21H34O4. The number of carbonyl (C=O) groups is 2. The summed E-state index contributed by atoms with van der Waals surface area (Å²) in [6, 6.07) is 0. The van der Waals surface area contributed by atoms with Crippen LogP contribution in [-0.4, -0.2) is 24.6 Å². The summed E-state index contributed by atoms with van der Waals surface area (Å²) in [5.74, 6) is 2.44. The predicted octanol–water partition coefficient (Wildman–Crippen LogP) is 4.65. The lowest BCUT2D eigenvalue weighted by Crippen LogP contribution is -2.50. The first-order valence-electron chi connectivity index (χ1n) is 10.5. The third-order valence-electron chi connectivity index (χ3n) is 6.45. The van der Waals surface area contributed by atoms with Gasteiger partial charge in [0.2, 0.25) is 0 Å². The van der Waals surface area contributed by atoms with Gasteiger partial charge in [-0.2, -0.15) is 0 Å². The Kier molecular flexibility index (Phi) is 6.77. The quantitative estimate of drug-likeness (QED) is 0.425. The molecule has 142 valence electrons. The van der Waals surface area contributed by atoms with Gasteiger partial charge in [0, 0.05) is 0 Å². The number of rotatable bonds is 10. The van der Waals surface area contributed by atoms with Gasteiger partial charge in [-0.3, -0.25) is 9.59 Å². The van der Waals surface area contributed by atoms with Crippen molar-refractivity contribution >= 4 is 11.9 Å². The number of hydrogen-bond donors (Lipinski definition) is 0. The standard InChI is InChI=1S/C21H34O4/c1-2-3-4-5-6-9-24-19(22)7-8-20(23)25-21-17-11-15-10-16(13-17)14-18(21)12-15/h15-18,21H,2-14H2,1H3. The summed E-state index contributed by atoms with van der Waals surface area (Å²) >= 11 is 0. The van der Waals surface area contributed by atoms with Gasteiger partial charge in [0.1, 0.15) is 6.10 Å². The molecule has 0 spiro atoms. The van der Waals surface area contributed by atoms with E-state index in [-0.39, 0.29) is 30.9 Å². The highest BCUT2D eigenvalue weighted by Crippen LogP contribution is 2.54. The molecule has 4 aliphatic carbocycles. The molecule has 4 heteroatoms. The van der Waals surface area contributed by atoms with Crippen molar-refractivity contribution in [3.05, 3.63) is 0 Å². The molecule has 4 rings (SSSR count). The summed E-state index contributed by atoms with van der Waals surface area (Å²) in [4.78, 5) is 23.9. The van der Waals surface area contributed by atoms with E-state index < -0.39 is 0 Å². The van der Waals surface area contributed by atoms with Crippen molar-refractivity contribution in [1.29, 1.82) is 0 Å². The van der Waals surface area contributed by atoms with Crippen LogP contribution < -0.4 is 0 Å². The molecule has 0 aromatic rings. The third-order valence-corrected chi connectivity index (χ3v) is 6.45. The first kappa shape index (κ1) is 18.7. The molecular weight excluding hydrogens is 316 g/mol. The van der Waals surface area contributed by atoms with E-state index in [0.29, 0.717) is 18.4 Å². The lowest BCUT2D eigenvalue weighted by Gasteiger charge is -2.53.